The Morgan fingerprint density at radius 2 is 1.71 bits per heavy atom. The minimum Gasteiger partial charge on any atom is -0.480 e. The molecule has 3 amide bonds. The lowest BCUT2D eigenvalue weighted by molar-refractivity contribution is -0.150. The zero-order valence-electron chi connectivity index (χ0n) is 22.2. The fourth-order valence-electron chi connectivity index (χ4n) is 4.13. The molecule has 9 nitrogen and oxygen atoms in total. The molecule has 0 aromatic heterocycles. The molecule has 38 heavy (non-hydrogen) atoms. The number of benzene rings is 1. The number of rotatable bonds is 9. The molecule has 0 saturated carbocycles. The Kier molecular flexibility index (Phi) is 10.2. The standard InChI is InChI=1S/C26H36F3N3O6/c1-6-15(2)20(22(34)32-13-7-8-19(32)23(35)36)31-21(33)18(30-24(37)38-25(3,4)5)14-16-9-11-17(12-10-16)26(27,28)29/h9-12,15,18-20H,6-8,13-14H2,1-5H3,(H,30,37)(H,31,33)(H,35,36)/t15-,18?,19?,20+/m1/s1. The van der Waals surface area contributed by atoms with Crippen LogP contribution in [-0.2, 0) is 31.7 Å². The highest BCUT2D eigenvalue weighted by Crippen LogP contribution is 2.29. The number of amides is 3. The molecule has 2 unspecified atom stereocenters. The van der Waals surface area contributed by atoms with E-state index in [1.54, 1.807) is 27.7 Å². The number of carbonyl (C=O) groups is 4. The van der Waals surface area contributed by atoms with Gasteiger partial charge in [-0.05, 0) is 57.2 Å². The minimum atomic E-state index is -4.53. The predicted octanol–water partition coefficient (Wildman–Crippen LogP) is 3.75. The highest BCUT2D eigenvalue weighted by Gasteiger charge is 2.40. The molecule has 0 spiro atoms. The zero-order chi connectivity index (χ0) is 28.8. The number of carbonyl (C=O) groups excluding carboxylic acids is 3. The molecule has 4 atom stereocenters. The molecular formula is C26H36F3N3O6. The van der Waals surface area contributed by atoms with Crippen LogP contribution in [0.3, 0.4) is 0 Å². The molecule has 1 aliphatic heterocycles. The van der Waals surface area contributed by atoms with Gasteiger partial charge < -0.3 is 25.4 Å². The first-order valence-electron chi connectivity index (χ1n) is 12.5. The lowest BCUT2D eigenvalue weighted by atomic mass is 9.96. The highest BCUT2D eigenvalue weighted by molar-refractivity contribution is 5.93. The summed E-state index contributed by atoms with van der Waals surface area (Å²) in [5.41, 5.74) is -1.40. The second kappa shape index (κ2) is 12.5. The van der Waals surface area contributed by atoms with Crippen LogP contribution in [0.4, 0.5) is 18.0 Å². The summed E-state index contributed by atoms with van der Waals surface area (Å²) in [6, 6.07) is 0.829. The summed E-state index contributed by atoms with van der Waals surface area (Å²) in [5.74, 6) is -2.78. The largest absolute Gasteiger partial charge is 0.480 e. The van der Waals surface area contributed by atoms with Crippen LogP contribution in [-0.4, -0.2) is 64.2 Å². The third-order valence-corrected chi connectivity index (χ3v) is 6.33. The smallest absolute Gasteiger partial charge is 0.416 e. The van der Waals surface area contributed by atoms with E-state index >= 15 is 0 Å². The maximum absolute atomic E-state index is 13.4. The lowest BCUT2D eigenvalue weighted by Crippen LogP contribution is -2.58. The van der Waals surface area contributed by atoms with Crippen molar-refractivity contribution in [1.82, 2.24) is 15.5 Å². The molecule has 212 valence electrons. The van der Waals surface area contributed by atoms with E-state index in [9.17, 15) is 37.5 Å². The molecule has 1 heterocycles. The predicted molar refractivity (Wildman–Crippen MR) is 132 cm³/mol. The number of likely N-dealkylation sites (tertiary alicyclic amines) is 1. The number of alkyl carbamates (subject to hydrolysis) is 1. The topological polar surface area (TPSA) is 125 Å². The second-order valence-corrected chi connectivity index (χ2v) is 10.5. The SMILES string of the molecule is CC[C@@H](C)[C@H](NC(=O)C(Cc1ccc(C(F)(F)F)cc1)NC(=O)OC(C)(C)C)C(=O)N1CCCC1C(=O)O. The third kappa shape index (κ3) is 8.63. The van der Waals surface area contributed by atoms with Crippen molar-refractivity contribution in [1.29, 1.82) is 0 Å². The number of carboxylic acid groups (broad SMARTS) is 1. The second-order valence-electron chi connectivity index (χ2n) is 10.5. The molecule has 3 N–H and O–H groups in total. The Morgan fingerprint density at radius 1 is 1.11 bits per heavy atom. The van der Waals surface area contributed by atoms with E-state index in [0.29, 0.717) is 24.8 Å². The van der Waals surface area contributed by atoms with E-state index in [4.69, 9.17) is 4.74 Å². The van der Waals surface area contributed by atoms with Gasteiger partial charge in [0, 0.05) is 13.0 Å². The Balaban J connectivity index is 2.30. The number of ether oxygens (including phenoxy) is 1. The van der Waals surface area contributed by atoms with E-state index in [1.807, 2.05) is 6.92 Å². The zero-order valence-corrected chi connectivity index (χ0v) is 22.2. The molecule has 1 saturated heterocycles. The van der Waals surface area contributed by atoms with E-state index < -0.39 is 59.3 Å². The van der Waals surface area contributed by atoms with Gasteiger partial charge in [0.1, 0.15) is 23.7 Å². The molecule has 2 rings (SSSR count). The Hall–Kier alpha value is -3.31. The highest BCUT2D eigenvalue weighted by atomic mass is 19.4. The summed E-state index contributed by atoms with van der Waals surface area (Å²) in [6.07, 6.45) is -4.31. The van der Waals surface area contributed by atoms with Crippen molar-refractivity contribution in [2.24, 2.45) is 5.92 Å². The molecule has 1 aromatic carbocycles. The molecule has 1 fully saturated rings. The van der Waals surface area contributed by atoms with E-state index in [0.717, 1.165) is 12.1 Å². The number of hydrogen-bond acceptors (Lipinski definition) is 5. The maximum Gasteiger partial charge on any atom is 0.416 e. The van der Waals surface area contributed by atoms with Crippen molar-refractivity contribution in [2.45, 2.75) is 90.2 Å². The van der Waals surface area contributed by atoms with Crippen molar-refractivity contribution < 1.29 is 42.2 Å². The van der Waals surface area contributed by atoms with Crippen molar-refractivity contribution in [3.8, 4) is 0 Å². The number of nitrogens with zero attached hydrogens (tertiary/aromatic N) is 1. The van der Waals surface area contributed by atoms with Gasteiger partial charge in [0.05, 0.1) is 5.56 Å². The first kappa shape index (κ1) is 30.9. The average Bonchev–Trinajstić information content (AvgIpc) is 3.30. The van der Waals surface area contributed by atoms with Gasteiger partial charge >= 0.3 is 18.2 Å². The molecule has 0 radical (unpaired) electrons. The molecule has 0 bridgehead atoms. The van der Waals surface area contributed by atoms with Crippen LogP contribution in [0.5, 0.6) is 0 Å². The lowest BCUT2D eigenvalue weighted by Gasteiger charge is -2.31. The van der Waals surface area contributed by atoms with Gasteiger partial charge in [0.2, 0.25) is 11.8 Å². The normalized spacial score (nSPS) is 18.3. The van der Waals surface area contributed by atoms with Gasteiger partial charge in [-0.3, -0.25) is 9.59 Å². The van der Waals surface area contributed by atoms with Crippen LogP contribution < -0.4 is 10.6 Å². The summed E-state index contributed by atoms with van der Waals surface area (Å²) >= 11 is 0. The third-order valence-electron chi connectivity index (χ3n) is 6.33. The first-order chi connectivity index (χ1) is 17.5. The quantitative estimate of drug-likeness (QED) is 0.436. The monoisotopic (exact) mass is 543 g/mol. The number of halogens is 3. The molecule has 1 aliphatic rings. The minimum absolute atomic E-state index is 0.175. The number of carboxylic acids is 1. The number of nitrogens with one attached hydrogen (secondary N) is 2. The van der Waals surface area contributed by atoms with Gasteiger partial charge in [-0.15, -0.1) is 0 Å². The summed E-state index contributed by atoms with van der Waals surface area (Å²) < 4.78 is 44.1. The maximum atomic E-state index is 13.4. The first-order valence-corrected chi connectivity index (χ1v) is 12.5. The van der Waals surface area contributed by atoms with Gasteiger partial charge in [0.15, 0.2) is 0 Å². The van der Waals surface area contributed by atoms with Gasteiger partial charge in [-0.2, -0.15) is 13.2 Å². The molecule has 0 aliphatic carbocycles. The number of aliphatic carboxylic acids is 1. The van der Waals surface area contributed by atoms with Gasteiger partial charge in [0.25, 0.3) is 0 Å². The fourth-order valence-corrected chi connectivity index (χ4v) is 4.13. The Labute approximate surface area is 220 Å². The van der Waals surface area contributed by atoms with Crippen LogP contribution >= 0.6 is 0 Å². The summed E-state index contributed by atoms with van der Waals surface area (Å²) in [5, 5.41) is 14.6. The van der Waals surface area contributed by atoms with Crippen molar-refractivity contribution in [3.63, 3.8) is 0 Å². The number of alkyl halides is 3. The van der Waals surface area contributed by atoms with Crippen LogP contribution in [0.2, 0.25) is 0 Å². The summed E-state index contributed by atoms with van der Waals surface area (Å²) in [6.45, 7) is 8.68. The molecule has 1 aromatic rings. The van der Waals surface area contributed by atoms with Crippen LogP contribution in [0.15, 0.2) is 24.3 Å². The van der Waals surface area contributed by atoms with E-state index in [2.05, 4.69) is 10.6 Å². The summed E-state index contributed by atoms with van der Waals surface area (Å²) in [4.78, 5) is 52.1. The van der Waals surface area contributed by atoms with Crippen molar-refractivity contribution in [2.75, 3.05) is 6.54 Å². The van der Waals surface area contributed by atoms with Crippen LogP contribution in [0.25, 0.3) is 0 Å². The van der Waals surface area contributed by atoms with Crippen molar-refractivity contribution >= 4 is 23.9 Å². The Bertz CT molecular complexity index is 1010. The van der Waals surface area contributed by atoms with Gasteiger partial charge in [-0.1, -0.05) is 32.4 Å². The number of hydrogen-bond donors (Lipinski definition) is 3. The fraction of sp³-hybridized carbons (Fsp3) is 0.615. The van der Waals surface area contributed by atoms with Crippen LogP contribution in [0, 0.1) is 5.92 Å². The molecular weight excluding hydrogens is 507 g/mol. The van der Waals surface area contributed by atoms with E-state index in [1.165, 1.54) is 17.0 Å². The summed E-state index contributed by atoms with van der Waals surface area (Å²) in [7, 11) is 0. The van der Waals surface area contributed by atoms with Crippen molar-refractivity contribution in [3.05, 3.63) is 35.4 Å². The van der Waals surface area contributed by atoms with Crippen LogP contribution in [0.1, 0.15) is 65.0 Å². The Morgan fingerprint density at radius 3 is 2.21 bits per heavy atom. The van der Waals surface area contributed by atoms with Gasteiger partial charge in [-0.25, -0.2) is 9.59 Å². The van der Waals surface area contributed by atoms with E-state index in [-0.39, 0.29) is 18.9 Å². The molecule has 12 heteroatoms. The average molecular weight is 544 g/mol.